The van der Waals surface area contributed by atoms with Crippen molar-refractivity contribution < 1.29 is 12.6 Å². The lowest BCUT2D eigenvalue weighted by Crippen LogP contribution is -2.16. The Kier molecular flexibility index (Phi) is 5.17. The van der Waals surface area contributed by atoms with Gasteiger partial charge in [-0.1, -0.05) is 17.7 Å². The van der Waals surface area contributed by atoms with Crippen molar-refractivity contribution in [1.29, 1.82) is 0 Å². The molecule has 1 aromatic carbocycles. The van der Waals surface area contributed by atoms with E-state index in [4.69, 9.17) is 4.18 Å². The van der Waals surface area contributed by atoms with Crippen LogP contribution >= 0.6 is 25.3 Å². The summed E-state index contributed by atoms with van der Waals surface area (Å²) in [6, 6.07) is 6.51. The lowest BCUT2D eigenvalue weighted by Gasteiger charge is -2.09. The van der Waals surface area contributed by atoms with Crippen LogP contribution in [0, 0.1) is 6.92 Å². The van der Waals surface area contributed by atoms with Crippen molar-refractivity contribution in [3.8, 4) is 0 Å². The first-order valence-corrected chi connectivity index (χ1v) is 7.26. The molecule has 1 unspecified atom stereocenters. The van der Waals surface area contributed by atoms with Gasteiger partial charge in [-0.2, -0.15) is 33.7 Å². The summed E-state index contributed by atoms with van der Waals surface area (Å²) in [6.07, 6.45) is 0. The Labute approximate surface area is 107 Å². The van der Waals surface area contributed by atoms with Crippen LogP contribution in [0.15, 0.2) is 29.2 Å². The molecule has 1 rings (SSSR count). The predicted molar refractivity (Wildman–Crippen MR) is 70.9 cm³/mol. The fourth-order valence-corrected chi connectivity index (χ4v) is 2.22. The summed E-state index contributed by atoms with van der Waals surface area (Å²) in [5.41, 5.74) is 1.00. The van der Waals surface area contributed by atoms with Gasteiger partial charge in [0.05, 0.1) is 11.5 Å². The molecule has 0 amide bonds. The Morgan fingerprint density at radius 1 is 1.31 bits per heavy atom. The highest BCUT2D eigenvalue weighted by Crippen LogP contribution is 2.14. The van der Waals surface area contributed by atoms with Crippen LogP contribution in [-0.2, 0) is 14.3 Å². The highest BCUT2D eigenvalue weighted by molar-refractivity contribution is 7.87. The number of thiol groups is 2. The van der Waals surface area contributed by atoms with Gasteiger partial charge in [0.15, 0.2) is 0 Å². The molecule has 0 heterocycles. The highest BCUT2D eigenvalue weighted by Gasteiger charge is 2.16. The quantitative estimate of drug-likeness (QED) is 0.639. The van der Waals surface area contributed by atoms with Crippen LogP contribution in [0.2, 0.25) is 0 Å². The summed E-state index contributed by atoms with van der Waals surface area (Å²) in [4.78, 5) is 0.165. The van der Waals surface area contributed by atoms with Crippen LogP contribution in [-0.4, -0.2) is 26.0 Å². The first kappa shape index (κ1) is 13.9. The van der Waals surface area contributed by atoms with E-state index in [2.05, 4.69) is 25.3 Å². The third-order valence-corrected chi connectivity index (χ3v) is 4.29. The lowest BCUT2D eigenvalue weighted by molar-refractivity contribution is 0.324. The standard InChI is InChI=1S/C10H14O3S3/c1-8-2-4-10(5-3-8)16(11,12)13-6-9(15)7-14/h2-5,9,14-15H,6-7H2,1H3. The van der Waals surface area contributed by atoms with Crippen LogP contribution in [0.4, 0.5) is 0 Å². The number of hydrogen-bond donors (Lipinski definition) is 2. The van der Waals surface area contributed by atoms with Crippen molar-refractivity contribution in [2.75, 3.05) is 12.4 Å². The van der Waals surface area contributed by atoms with Crippen LogP contribution in [0.1, 0.15) is 5.56 Å². The van der Waals surface area contributed by atoms with Gasteiger partial charge in [0, 0.05) is 11.0 Å². The molecule has 1 atom stereocenters. The predicted octanol–water partition coefficient (Wildman–Crippen LogP) is 1.93. The van der Waals surface area contributed by atoms with Gasteiger partial charge < -0.3 is 0 Å². The second kappa shape index (κ2) is 5.95. The van der Waals surface area contributed by atoms with Crippen molar-refractivity contribution >= 4 is 35.4 Å². The zero-order valence-electron chi connectivity index (χ0n) is 8.83. The number of hydrogen-bond acceptors (Lipinski definition) is 5. The van der Waals surface area contributed by atoms with Crippen molar-refractivity contribution in [2.45, 2.75) is 17.1 Å². The normalized spacial score (nSPS) is 13.7. The number of rotatable bonds is 5. The Balaban J connectivity index is 2.74. The summed E-state index contributed by atoms with van der Waals surface area (Å²) >= 11 is 8.10. The van der Waals surface area contributed by atoms with Crippen LogP contribution < -0.4 is 0 Å². The summed E-state index contributed by atoms with van der Waals surface area (Å²) < 4.78 is 28.2. The lowest BCUT2D eigenvalue weighted by atomic mass is 10.2. The first-order chi connectivity index (χ1) is 7.45. The third kappa shape index (κ3) is 4.01. The average molecular weight is 278 g/mol. The van der Waals surface area contributed by atoms with Gasteiger partial charge in [-0.05, 0) is 19.1 Å². The minimum atomic E-state index is -3.67. The van der Waals surface area contributed by atoms with Crippen LogP contribution in [0.3, 0.4) is 0 Å². The van der Waals surface area contributed by atoms with E-state index in [9.17, 15) is 8.42 Å². The Morgan fingerprint density at radius 2 is 1.88 bits per heavy atom. The smallest absolute Gasteiger partial charge is 0.265 e. The van der Waals surface area contributed by atoms with Crippen molar-refractivity contribution in [3.63, 3.8) is 0 Å². The fourth-order valence-electron chi connectivity index (χ4n) is 0.994. The largest absolute Gasteiger partial charge is 0.297 e. The summed E-state index contributed by atoms with van der Waals surface area (Å²) in [7, 11) is -3.67. The van der Waals surface area contributed by atoms with Gasteiger partial charge >= 0.3 is 0 Å². The molecule has 3 nitrogen and oxygen atoms in total. The molecule has 90 valence electrons. The molecule has 0 aliphatic carbocycles. The van der Waals surface area contributed by atoms with E-state index >= 15 is 0 Å². The minimum Gasteiger partial charge on any atom is -0.265 e. The molecule has 0 bridgehead atoms. The molecular weight excluding hydrogens is 264 g/mol. The van der Waals surface area contributed by atoms with Gasteiger partial charge in [-0.3, -0.25) is 4.18 Å². The van der Waals surface area contributed by atoms with E-state index in [1.54, 1.807) is 12.1 Å². The zero-order valence-corrected chi connectivity index (χ0v) is 11.4. The number of benzene rings is 1. The molecule has 0 radical (unpaired) electrons. The van der Waals surface area contributed by atoms with Crippen LogP contribution in [0.25, 0.3) is 0 Å². The Morgan fingerprint density at radius 3 is 2.38 bits per heavy atom. The summed E-state index contributed by atoms with van der Waals surface area (Å²) in [5.74, 6) is 0.465. The second-order valence-corrected chi connectivity index (χ2v) is 6.10. The maximum absolute atomic E-state index is 11.7. The van der Waals surface area contributed by atoms with Crippen molar-refractivity contribution in [1.82, 2.24) is 0 Å². The fraction of sp³-hybridized carbons (Fsp3) is 0.400. The highest BCUT2D eigenvalue weighted by atomic mass is 32.2. The molecule has 0 aromatic heterocycles. The van der Waals surface area contributed by atoms with Crippen molar-refractivity contribution in [2.24, 2.45) is 0 Å². The van der Waals surface area contributed by atoms with E-state index in [1.807, 2.05) is 6.92 Å². The van der Waals surface area contributed by atoms with E-state index in [0.29, 0.717) is 5.75 Å². The molecule has 0 aliphatic rings. The topological polar surface area (TPSA) is 43.4 Å². The molecular formula is C10H14O3S3. The maximum Gasteiger partial charge on any atom is 0.297 e. The first-order valence-electron chi connectivity index (χ1n) is 4.71. The van der Waals surface area contributed by atoms with Gasteiger partial charge in [-0.15, -0.1) is 0 Å². The average Bonchev–Trinajstić information content (AvgIpc) is 2.26. The molecule has 16 heavy (non-hydrogen) atoms. The molecule has 0 saturated carbocycles. The zero-order chi connectivity index (χ0) is 12.2. The molecule has 0 saturated heterocycles. The molecule has 6 heteroatoms. The summed E-state index contributed by atoms with van der Waals surface area (Å²) in [6.45, 7) is 1.92. The SMILES string of the molecule is Cc1ccc(S(=O)(=O)OCC(S)CS)cc1. The number of aryl methyl sites for hydroxylation is 1. The van der Waals surface area contributed by atoms with E-state index in [-0.39, 0.29) is 16.8 Å². The second-order valence-electron chi connectivity index (χ2n) is 3.39. The molecule has 0 N–H and O–H groups in total. The van der Waals surface area contributed by atoms with Crippen LogP contribution in [0.5, 0.6) is 0 Å². The van der Waals surface area contributed by atoms with Crippen molar-refractivity contribution in [3.05, 3.63) is 29.8 Å². The van der Waals surface area contributed by atoms with Gasteiger partial charge in [0.25, 0.3) is 10.1 Å². The van der Waals surface area contributed by atoms with Gasteiger partial charge in [0.2, 0.25) is 0 Å². The van der Waals surface area contributed by atoms with Gasteiger partial charge in [-0.25, -0.2) is 0 Å². The third-order valence-electron chi connectivity index (χ3n) is 1.94. The molecule has 0 aliphatic heterocycles. The Hall–Kier alpha value is -0.170. The molecule has 0 fully saturated rings. The molecule has 0 spiro atoms. The minimum absolute atomic E-state index is 0.0306. The van der Waals surface area contributed by atoms with Gasteiger partial charge in [0.1, 0.15) is 0 Å². The molecule has 1 aromatic rings. The monoisotopic (exact) mass is 278 g/mol. The van der Waals surface area contributed by atoms with E-state index in [1.165, 1.54) is 12.1 Å². The van der Waals surface area contributed by atoms with E-state index in [0.717, 1.165) is 5.56 Å². The Bertz CT molecular complexity index is 425. The van der Waals surface area contributed by atoms with E-state index < -0.39 is 10.1 Å². The summed E-state index contributed by atoms with van der Waals surface area (Å²) in [5, 5.41) is -0.191. The maximum atomic E-state index is 11.7.